The maximum atomic E-state index is 12.0. The highest BCUT2D eigenvalue weighted by atomic mass is 32.1. The normalized spacial score (nSPS) is 22.0. The number of amides is 1. The van der Waals surface area contributed by atoms with Crippen molar-refractivity contribution in [1.82, 2.24) is 4.90 Å². The number of carbonyl (C=O) groups excluding carboxylic acids is 1. The molecule has 122 valence electrons. The highest BCUT2D eigenvalue weighted by molar-refractivity contribution is 7.12. The predicted octanol–water partition coefficient (Wildman–Crippen LogP) is 3.61. The zero-order valence-electron chi connectivity index (χ0n) is 13.5. The second kappa shape index (κ2) is 7.25. The molecule has 0 saturated carbocycles. The van der Waals surface area contributed by atoms with Crippen LogP contribution in [0.5, 0.6) is 0 Å². The van der Waals surface area contributed by atoms with Crippen molar-refractivity contribution < 1.29 is 9.53 Å². The number of nitrogens with one attached hydrogen (secondary N) is 1. The molecular weight excluding hydrogens is 308 g/mol. The van der Waals surface area contributed by atoms with E-state index in [-0.39, 0.29) is 18.1 Å². The Balaban J connectivity index is 1.58. The summed E-state index contributed by atoms with van der Waals surface area (Å²) in [7, 11) is 0. The molecule has 5 heteroatoms. The van der Waals surface area contributed by atoms with Gasteiger partial charge in [0.1, 0.15) is 0 Å². The number of anilines is 1. The molecule has 1 saturated heterocycles. The van der Waals surface area contributed by atoms with Crippen molar-refractivity contribution in [3.63, 3.8) is 0 Å². The number of ether oxygens (including phenoxy) is 1. The Hall–Kier alpha value is -1.69. The fraction of sp³-hybridized carbons (Fsp3) is 0.389. The maximum Gasteiger partial charge on any atom is 0.265 e. The minimum Gasteiger partial charge on any atom is -0.373 e. The molecule has 3 rings (SSSR count). The summed E-state index contributed by atoms with van der Waals surface area (Å²) in [5, 5.41) is 4.83. The molecule has 0 bridgehead atoms. The third kappa shape index (κ3) is 4.41. The molecule has 2 aromatic rings. The average molecular weight is 330 g/mol. The van der Waals surface area contributed by atoms with Gasteiger partial charge >= 0.3 is 0 Å². The van der Waals surface area contributed by atoms with E-state index < -0.39 is 0 Å². The van der Waals surface area contributed by atoms with Gasteiger partial charge in [0, 0.05) is 25.3 Å². The number of morpholine rings is 1. The highest BCUT2D eigenvalue weighted by Gasteiger charge is 2.21. The minimum atomic E-state index is -0.0522. The van der Waals surface area contributed by atoms with Gasteiger partial charge in [0.25, 0.3) is 5.91 Å². The molecule has 23 heavy (non-hydrogen) atoms. The van der Waals surface area contributed by atoms with Gasteiger partial charge in [-0.2, -0.15) is 0 Å². The molecular formula is C18H22N2O2S. The van der Waals surface area contributed by atoms with Crippen LogP contribution in [-0.2, 0) is 11.3 Å². The number of hydrogen-bond acceptors (Lipinski definition) is 4. The van der Waals surface area contributed by atoms with Crippen molar-refractivity contribution >= 4 is 22.9 Å². The second-order valence-corrected chi connectivity index (χ2v) is 7.03. The van der Waals surface area contributed by atoms with Crippen LogP contribution in [0.2, 0.25) is 0 Å². The first-order chi connectivity index (χ1) is 11.1. The number of rotatable bonds is 4. The molecule has 2 atom stereocenters. The summed E-state index contributed by atoms with van der Waals surface area (Å²) in [5.74, 6) is -0.0522. The van der Waals surface area contributed by atoms with E-state index in [2.05, 4.69) is 36.2 Å². The van der Waals surface area contributed by atoms with Crippen LogP contribution in [0.3, 0.4) is 0 Å². The van der Waals surface area contributed by atoms with Crippen LogP contribution >= 0.6 is 11.3 Å². The lowest BCUT2D eigenvalue weighted by molar-refractivity contribution is -0.0704. The molecule has 1 aromatic heterocycles. The summed E-state index contributed by atoms with van der Waals surface area (Å²) < 4.78 is 5.76. The number of benzene rings is 1. The summed E-state index contributed by atoms with van der Waals surface area (Å²) in [6.45, 7) is 7.07. The van der Waals surface area contributed by atoms with Gasteiger partial charge < -0.3 is 10.1 Å². The van der Waals surface area contributed by atoms with Crippen LogP contribution in [0, 0.1) is 0 Å². The Morgan fingerprint density at radius 1 is 1.22 bits per heavy atom. The maximum absolute atomic E-state index is 12.0. The van der Waals surface area contributed by atoms with Crippen LogP contribution in [0.25, 0.3) is 0 Å². The Kier molecular flexibility index (Phi) is 5.10. The lowest BCUT2D eigenvalue weighted by Crippen LogP contribution is -2.44. The Morgan fingerprint density at radius 3 is 2.52 bits per heavy atom. The van der Waals surface area contributed by atoms with Crippen LogP contribution in [0.4, 0.5) is 5.69 Å². The fourth-order valence-electron chi connectivity index (χ4n) is 2.97. The lowest BCUT2D eigenvalue weighted by Gasteiger charge is -2.35. The lowest BCUT2D eigenvalue weighted by atomic mass is 10.1. The molecule has 1 aliphatic heterocycles. The third-order valence-corrected chi connectivity index (χ3v) is 4.73. The third-order valence-electron chi connectivity index (χ3n) is 3.86. The molecule has 0 spiro atoms. The van der Waals surface area contributed by atoms with Gasteiger partial charge in [-0.1, -0.05) is 18.2 Å². The molecule has 1 N–H and O–H groups in total. The minimum absolute atomic E-state index is 0.0522. The van der Waals surface area contributed by atoms with E-state index in [1.54, 1.807) is 0 Å². The molecule has 0 radical (unpaired) electrons. The van der Waals surface area contributed by atoms with Crippen molar-refractivity contribution in [2.75, 3.05) is 18.4 Å². The van der Waals surface area contributed by atoms with Gasteiger partial charge in [-0.25, -0.2) is 0 Å². The van der Waals surface area contributed by atoms with Gasteiger partial charge in [-0.15, -0.1) is 11.3 Å². The average Bonchev–Trinajstić information content (AvgIpc) is 3.02. The van der Waals surface area contributed by atoms with Crippen LogP contribution < -0.4 is 5.32 Å². The summed E-state index contributed by atoms with van der Waals surface area (Å²) in [6.07, 6.45) is 0.561. The van der Waals surface area contributed by atoms with E-state index >= 15 is 0 Å². The molecule has 1 aliphatic rings. The quantitative estimate of drug-likeness (QED) is 0.931. The largest absolute Gasteiger partial charge is 0.373 e. The fourth-order valence-corrected chi connectivity index (χ4v) is 3.58. The number of thiophene rings is 1. The van der Waals surface area contributed by atoms with E-state index in [1.165, 1.54) is 16.9 Å². The van der Waals surface area contributed by atoms with Crippen molar-refractivity contribution in [2.24, 2.45) is 0 Å². The van der Waals surface area contributed by atoms with E-state index in [0.29, 0.717) is 0 Å². The predicted molar refractivity (Wildman–Crippen MR) is 94.0 cm³/mol. The number of hydrogen-bond donors (Lipinski definition) is 1. The molecule has 1 amide bonds. The van der Waals surface area contributed by atoms with Crippen LogP contribution in [0.1, 0.15) is 29.1 Å². The van der Waals surface area contributed by atoms with E-state index in [0.717, 1.165) is 30.2 Å². The molecule has 1 fully saturated rings. The smallest absolute Gasteiger partial charge is 0.265 e. The number of nitrogens with zero attached hydrogens (tertiary/aromatic N) is 1. The SMILES string of the molecule is C[C@@H]1CN(Cc2ccc(NC(=O)c3cccs3)cc2)C[C@H](C)O1. The monoisotopic (exact) mass is 330 g/mol. The standard InChI is InChI=1S/C18H22N2O2S/c1-13-10-20(11-14(2)22-13)12-15-5-7-16(8-6-15)19-18(21)17-4-3-9-23-17/h3-9,13-14H,10-12H2,1-2H3,(H,19,21)/t13-,14+. The summed E-state index contributed by atoms with van der Waals surface area (Å²) >= 11 is 1.45. The molecule has 0 unspecified atom stereocenters. The van der Waals surface area contributed by atoms with Crippen LogP contribution in [0.15, 0.2) is 41.8 Å². The highest BCUT2D eigenvalue weighted by Crippen LogP contribution is 2.17. The van der Waals surface area contributed by atoms with E-state index in [1.807, 2.05) is 29.6 Å². The molecule has 1 aromatic carbocycles. The Labute approximate surface area is 141 Å². The van der Waals surface area contributed by atoms with Gasteiger partial charge in [-0.3, -0.25) is 9.69 Å². The van der Waals surface area contributed by atoms with Crippen molar-refractivity contribution in [2.45, 2.75) is 32.6 Å². The van der Waals surface area contributed by atoms with Gasteiger partial charge in [0.15, 0.2) is 0 Å². The first kappa shape index (κ1) is 16.2. The summed E-state index contributed by atoms with van der Waals surface area (Å²) in [4.78, 5) is 15.2. The zero-order chi connectivity index (χ0) is 16.2. The van der Waals surface area contributed by atoms with Crippen molar-refractivity contribution in [3.8, 4) is 0 Å². The Morgan fingerprint density at radius 2 is 1.91 bits per heavy atom. The topological polar surface area (TPSA) is 41.6 Å². The van der Waals surface area contributed by atoms with Gasteiger partial charge in [0.05, 0.1) is 17.1 Å². The van der Waals surface area contributed by atoms with Crippen molar-refractivity contribution in [1.29, 1.82) is 0 Å². The molecule has 4 nitrogen and oxygen atoms in total. The number of carbonyl (C=O) groups is 1. The second-order valence-electron chi connectivity index (χ2n) is 6.08. The molecule has 0 aliphatic carbocycles. The zero-order valence-corrected chi connectivity index (χ0v) is 14.3. The van der Waals surface area contributed by atoms with Gasteiger partial charge in [-0.05, 0) is 43.0 Å². The van der Waals surface area contributed by atoms with Gasteiger partial charge in [0.2, 0.25) is 0 Å². The van der Waals surface area contributed by atoms with E-state index in [9.17, 15) is 4.79 Å². The molecule has 2 heterocycles. The van der Waals surface area contributed by atoms with Crippen LogP contribution in [-0.4, -0.2) is 36.1 Å². The van der Waals surface area contributed by atoms with E-state index in [4.69, 9.17) is 4.74 Å². The first-order valence-electron chi connectivity index (χ1n) is 7.92. The first-order valence-corrected chi connectivity index (χ1v) is 8.80. The van der Waals surface area contributed by atoms with Crippen molar-refractivity contribution in [3.05, 3.63) is 52.2 Å². The Bertz CT molecular complexity index is 630. The summed E-state index contributed by atoms with van der Waals surface area (Å²) in [6, 6.07) is 11.8. The summed E-state index contributed by atoms with van der Waals surface area (Å²) in [5.41, 5.74) is 2.08.